The average molecular weight is 940 g/mol. The van der Waals surface area contributed by atoms with E-state index in [-0.39, 0.29) is 31.1 Å². The Morgan fingerprint density at radius 1 is 0.299 bits per heavy atom. The molecule has 6 nitrogen and oxygen atoms in total. The molecular weight excluding hydrogens is 829 g/mol. The van der Waals surface area contributed by atoms with Crippen LogP contribution >= 0.6 is 0 Å². The summed E-state index contributed by atoms with van der Waals surface area (Å²) in [4.78, 5) is 38.2. The van der Waals surface area contributed by atoms with E-state index in [9.17, 15) is 14.4 Å². The van der Waals surface area contributed by atoms with Crippen LogP contribution in [0, 0.1) is 0 Å². The Kier molecular flexibility index (Phi) is 53.8. The van der Waals surface area contributed by atoms with Gasteiger partial charge in [-0.3, -0.25) is 14.4 Å². The van der Waals surface area contributed by atoms with Crippen molar-refractivity contribution in [2.45, 2.75) is 309 Å². The summed E-state index contributed by atoms with van der Waals surface area (Å²) in [6.45, 7) is 6.62. The highest BCUT2D eigenvalue weighted by molar-refractivity contribution is 5.71. The maximum Gasteiger partial charge on any atom is 0.306 e. The number of unbranched alkanes of at least 4 members (excludes halogenated alkanes) is 34. The molecule has 0 amide bonds. The van der Waals surface area contributed by atoms with Crippen molar-refractivity contribution in [1.29, 1.82) is 0 Å². The molecular formula is C61H110O6. The van der Waals surface area contributed by atoms with Crippen LogP contribution in [0.5, 0.6) is 0 Å². The van der Waals surface area contributed by atoms with Crippen LogP contribution in [0.4, 0.5) is 0 Å². The van der Waals surface area contributed by atoms with Gasteiger partial charge in [0.1, 0.15) is 13.2 Å². The van der Waals surface area contributed by atoms with Gasteiger partial charge < -0.3 is 14.2 Å². The van der Waals surface area contributed by atoms with Gasteiger partial charge in [0.15, 0.2) is 6.10 Å². The van der Waals surface area contributed by atoms with E-state index in [0.29, 0.717) is 19.3 Å². The van der Waals surface area contributed by atoms with Crippen molar-refractivity contribution >= 4 is 17.9 Å². The highest BCUT2D eigenvalue weighted by atomic mass is 16.6. The monoisotopic (exact) mass is 939 g/mol. The third-order valence-electron chi connectivity index (χ3n) is 12.8. The number of allylic oxidation sites excluding steroid dienone is 8. The smallest absolute Gasteiger partial charge is 0.306 e. The summed E-state index contributed by atoms with van der Waals surface area (Å²) >= 11 is 0. The van der Waals surface area contributed by atoms with Crippen molar-refractivity contribution in [3.05, 3.63) is 48.6 Å². The molecule has 390 valence electrons. The fourth-order valence-corrected chi connectivity index (χ4v) is 8.35. The maximum absolute atomic E-state index is 12.9. The van der Waals surface area contributed by atoms with Crippen molar-refractivity contribution in [2.24, 2.45) is 0 Å². The molecule has 0 aliphatic carbocycles. The first-order valence-electron chi connectivity index (χ1n) is 29.1. The lowest BCUT2D eigenvalue weighted by Gasteiger charge is -2.18. The van der Waals surface area contributed by atoms with Gasteiger partial charge in [-0.15, -0.1) is 0 Å². The van der Waals surface area contributed by atoms with Crippen LogP contribution in [0.2, 0.25) is 0 Å². The predicted molar refractivity (Wildman–Crippen MR) is 289 cm³/mol. The van der Waals surface area contributed by atoms with E-state index < -0.39 is 6.10 Å². The summed E-state index contributed by atoms with van der Waals surface area (Å²) in [5, 5.41) is 0. The van der Waals surface area contributed by atoms with Crippen molar-refractivity contribution in [1.82, 2.24) is 0 Å². The fourth-order valence-electron chi connectivity index (χ4n) is 8.35. The molecule has 0 rings (SSSR count). The quantitative estimate of drug-likeness (QED) is 0.0262. The molecule has 0 unspecified atom stereocenters. The number of ether oxygens (including phenoxy) is 3. The summed E-state index contributed by atoms with van der Waals surface area (Å²) in [5.41, 5.74) is 0. The van der Waals surface area contributed by atoms with Gasteiger partial charge in [-0.25, -0.2) is 0 Å². The van der Waals surface area contributed by atoms with Gasteiger partial charge in [-0.2, -0.15) is 0 Å². The standard InChI is InChI=1S/C61H110O6/c1-4-7-10-13-16-19-22-25-28-30-33-36-39-42-45-48-51-54-60(63)66-57-58(56-65-59(62)53-50-47-44-41-38-35-32-27-24-21-18-15-12-9-6-3)67-61(64)55-52-49-46-43-40-37-34-31-29-26-23-20-17-14-11-8-5-2/h16,19,25-29,32,58H,4-15,17-18,20-24,30-31,33-57H2,1-3H3/b19-16-,28-25-,29-26-,32-27-/t58-/m0/s1. The highest BCUT2D eigenvalue weighted by Gasteiger charge is 2.19. The second-order valence-electron chi connectivity index (χ2n) is 19.5. The van der Waals surface area contributed by atoms with E-state index in [0.717, 1.165) is 77.0 Å². The van der Waals surface area contributed by atoms with E-state index in [1.165, 1.54) is 186 Å². The van der Waals surface area contributed by atoms with Gasteiger partial charge in [-0.1, -0.05) is 230 Å². The van der Waals surface area contributed by atoms with Gasteiger partial charge in [0.2, 0.25) is 0 Å². The molecule has 0 spiro atoms. The number of rotatable bonds is 53. The molecule has 0 bridgehead atoms. The molecule has 6 heteroatoms. The van der Waals surface area contributed by atoms with Gasteiger partial charge >= 0.3 is 17.9 Å². The molecule has 0 aromatic rings. The number of esters is 3. The summed E-state index contributed by atoms with van der Waals surface area (Å²) in [7, 11) is 0. The fraction of sp³-hybridized carbons (Fsp3) is 0.820. The van der Waals surface area contributed by atoms with Crippen LogP contribution in [0.1, 0.15) is 303 Å². The number of carbonyl (C=O) groups excluding carboxylic acids is 3. The Morgan fingerprint density at radius 3 is 0.866 bits per heavy atom. The van der Waals surface area contributed by atoms with Gasteiger partial charge in [0, 0.05) is 19.3 Å². The SMILES string of the molecule is CCCCC/C=C\C/C=C\CCCCCCCCCC(=O)OC[C@H](COC(=O)CCCCCCC/C=C\CCCCCCCC)OC(=O)CCCCCCCCC/C=C\CCCCCCCC. The molecule has 0 fully saturated rings. The Balaban J connectivity index is 4.39. The molecule has 0 saturated heterocycles. The number of carbonyl (C=O) groups is 3. The predicted octanol–water partition coefficient (Wildman–Crippen LogP) is 19.4. The van der Waals surface area contributed by atoms with E-state index in [1.807, 2.05) is 0 Å². The largest absolute Gasteiger partial charge is 0.462 e. The topological polar surface area (TPSA) is 78.9 Å². The zero-order chi connectivity index (χ0) is 48.6. The van der Waals surface area contributed by atoms with Crippen LogP contribution in [0.15, 0.2) is 48.6 Å². The lowest BCUT2D eigenvalue weighted by atomic mass is 10.1. The van der Waals surface area contributed by atoms with Crippen LogP contribution < -0.4 is 0 Å². The van der Waals surface area contributed by atoms with Crippen molar-refractivity contribution in [2.75, 3.05) is 13.2 Å². The molecule has 0 aliphatic rings. The second kappa shape index (κ2) is 56.0. The van der Waals surface area contributed by atoms with Crippen molar-refractivity contribution in [3.63, 3.8) is 0 Å². The molecule has 0 aromatic heterocycles. The van der Waals surface area contributed by atoms with Gasteiger partial charge in [0.05, 0.1) is 0 Å². The third-order valence-corrected chi connectivity index (χ3v) is 12.8. The maximum atomic E-state index is 12.9. The Hall–Kier alpha value is -2.63. The summed E-state index contributed by atoms with van der Waals surface area (Å²) in [5.74, 6) is -0.887. The summed E-state index contributed by atoms with van der Waals surface area (Å²) < 4.78 is 16.9. The lowest BCUT2D eigenvalue weighted by molar-refractivity contribution is -0.167. The van der Waals surface area contributed by atoms with Crippen molar-refractivity contribution < 1.29 is 28.6 Å². The second-order valence-corrected chi connectivity index (χ2v) is 19.5. The van der Waals surface area contributed by atoms with E-state index in [2.05, 4.69) is 69.4 Å². The van der Waals surface area contributed by atoms with E-state index in [1.54, 1.807) is 0 Å². The molecule has 0 saturated carbocycles. The molecule has 0 N–H and O–H groups in total. The zero-order valence-electron chi connectivity index (χ0n) is 44.7. The minimum atomic E-state index is -0.781. The van der Waals surface area contributed by atoms with Crippen LogP contribution in [-0.2, 0) is 28.6 Å². The number of hydrogen-bond donors (Lipinski definition) is 0. The molecule has 0 heterocycles. The third kappa shape index (κ3) is 54.2. The summed E-state index contributed by atoms with van der Waals surface area (Å²) in [6, 6.07) is 0. The Labute approximate surface area is 416 Å². The van der Waals surface area contributed by atoms with Crippen LogP contribution in [0.25, 0.3) is 0 Å². The Morgan fingerprint density at radius 2 is 0.537 bits per heavy atom. The van der Waals surface area contributed by atoms with Crippen molar-refractivity contribution in [3.8, 4) is 0 Å². The molecule has 67 heavy (non-hydrogen) atoms. The minimum absolute atomic E-state index is 0.0802. The van der Waals surface area contributed by atoms with Gasteiger partial charge in [-0.05, 0) is 103 Å². The normalized spacial score (nSPS) is 12.3. The average Bonchev–Trinajstić information content (AvgIpc) is 3.33. The molecule has 0 aliphatic heterocycles. The highest BCUT2D eigenvalue weighted by Crippen LogP contribution is 2.15. The lowest BCUT2D eigenvalue weighted by Crippen LogP contribution is -2.30. The minimum Gasteiger partial charge on any atom is -0.462 e. The Bertz CT molecular complexity index is 1170. The van der Waals surface area contributed by atoms with Gasteiger partial charge in [0.25, 0.3) is 0 Å². The molecule has 1 atom stereocenters. The molecule has 0 radical (unpaired) electrons. The van der Waals surface area contributed by atoms with Crippen LogP contribution in [0.3, 0.4) is 0 Å². The van der Waals surface area contributed by atoms with E-state index in [4.69, 9.17) is 14.2 Å². The first-order chi connectivity index (χ1) is 33.0. The first kappa shape index (κ1) is 64.4. The van der Waals surface area contributed by atoms with Crippen LogP contribution in [-0.4, -0.2) is 37.2 Å². The number of hydrogen-bond acceptors (Lipinski definition) is 6. The van der Waals surface area contributed by atoms with E-state index >= 15 is 0 Å². The molecule has 0 aromatic carbocycles. The first-order valence-corrected chi connectivity index (χ1v) is 29.1. The summed E-state index contributed by atoms with van der Waals surface area (Å²) in [6.07, 6.45) is 68.1. The zero-order valence-corrected chi connectivity index (χ0v) is 44.7.